The van der Waals surface area contributed by atoms with E-state index in [1.165, 1.54) is 0 Å². The summed E-state index contributed by atoms with van der Waals surface area (Å²) < 4.78 is 2.66. The van der Waals surface area contributed by atoms with Crippen molar-refractivity contribution in [1.29, 1.82) is 5.41 Å². The van der Waals surface area contributed by atoms with Crippen LogP contribution in [0, 0.1) is 26.2 Å². The van der Waals surface area contributed by atoms with E-state index in [1.807, 2.05) is 26.8 Å². The van der Waals surface area contributed by atoms with Crippen LogP contribution in [0.5, 0.6) is 0 Å². The monoisotopic (exact) mass is 307 g/mol. The molecule has 3 N–H and O–H groups in total. The normalized spacial score (nSPS) is 10.7. The van der Waals surface area contributed by atoms with Crippen molar-refractivity contribution in [2.75, 3.05) is 0 Å². The number of nitrogens with zero attached hydrogens (tertiary/aromatic N) is 3. The highest BCUT2D eigenvalue weighted by molar-refractivity contribution is 9.10. The molecule has 0 aromatic carbocycles. The number of halogens is 1. The van der Waals surface area contributed by atoms with Gasteiger partial charge in [-0.15, -0.1) is 0 Å². The zero-order valence-corrected chi connectivity index (χ0v) is 12.0. The number of hydrogen-bond donors (Lipinski definition) is 2. The van der Waals surface area contributed by atoms with Gasteiger partial charge in [0, 0.05) is 5.69 Å². The lowest BCUT2D eigenvalue weighted by Gasteiger charge is -2.09. The molecule has 0 radical (unpaired) electrons. The van der Waals surface area contributed by atoms with Crippen molar-refractivity contribution in [2.45, 2.75) is 20.8 Å². The molecule has 0 atom stereocenters. The van der Waals surface area contributed by atoms with Gasteiger partial charge in [-0.1, -0.05) is 0 Å². The van der Waals surface area contributed by atoms with Crippen molar-refractivity contribution in [1.82, 2.24) is 14.8 Å². The summed E-state index contributed by atoms with van der Waals surface area (Å²) in [7, 11) is 0. The molecule has 0 aliphatic rings. The van der Waals surface area contributed by atoms with Crippen molar-refractivity contribution in [3.63, 3.8) is 0 Å². The summed E-state index contributed by atoms with van der Waals surface area (Å²) in [6, 6.07) is 3.63. The summed E-state index contributed by atoms with van der Waals surface area (Å²) in [5.74, 6) is 0.579. The molecule has 18 heavy (non-hydrogen) atoms. The van der Waals surface area contributed by atoms with Gasteiger partial charge in [-0.3, -0.25) is 5.41 Å². The SMILES string of the molecule is Cc1ccc(C(=N)N)c(-n2nc(C)c(Br)c2C)n1. The third-order valence-electron chi connectivity index (χ3n) is 2.71. The molecule has 2 aromatic heterocycles. The number of pyridine rings is 1. The van der Waals surface area contributed by atoms with E-state index in [-0.39, 0.29) is 5.84 Å². The van der Waals surface area contributed by atoms with Gasteiger partial charge < -0.3 is 5.73 Å². The molecule has 0 bridgehead atoms. The Morgan fingerprint density at radius 1 is 1.33 bits per heavy atom. The Morgan fingerprint density at radius 2 is 2.00 bits per heavy atom. The van der Waals surface area contributed by atoms with Gasteiger partial charge in [-0.2, -0.15) is 5.10 Å². The molecule has 2 aromatic rings. The molecule has 0 unspecified atom stereocenters. The Morgan fingerprint density at radius 3 is 2.50 bits per heavy atom. The van der Waals surface area contributed by atoms with E-state index in [0.717, 1.165) is 21.6 Å². The van der Waals surface area contributed by atoms with Crippen LogP contribution in [0.1, 0.15) is 22.6 Å². The van der Waals surface area contributed by atoms with Crippen LogP contribution in [0.3, 0.4) is 0 Å². The topological polar surface area (TPSA) is 80.6 Å². The zero-order valence-electron chi connectivity index (χ0n) is 10.5. The molecule has 0 aliphatic carbocycles. The summed E-state index contributed by atoms with van der Waals surface area (Å²) >= 11 is 3.48. The Kier molecular flexibility index (Phi) is 3.21. The van der Waals surface area contributed by atoms with Gasteiger partial charge in [0.2, 0.25) is 0 Å². The number of aryl methyl sites for hydroxylation is 2. The molecule has 0 saturated heterocycles. The molecule has 2 heterocycles. The summed E-state index contributed by atoms with van der Waals surface area (Å²) in [6.07, 6.45) is 0. The minimum absolute atomic E-state index is 0.0128. The number of nitrogens with one attached hydrogen (secondary N) is 1. The van der Waals surface area contributed by atoms with Crippen molar-refractivity contribution < 1.29 is 0 Å². The Balaban J connectivity index is 2.73. The Labute approximate surface area is 114 Å². The molecule has 2 rings (SSSR count). The maximum Gasteiger partial charge on any atom is 0.164 e. The number of aromatic nitrogens is 3. The smallest absolute Gasteiger partial charge is 0.164 e. The predicted molar refractivity (Wildman–Crippen MR) is 74.3 cm³/mol. The second-order valence-corrected chi connectivity index (χ2v) is 4.93. The van der Waals surface area contributed by atoms with Gasteiger partial charge in [-0.25, -0.2) is 9.67 Å². The Bertz CT molecular complexity index is 630. The van der Waals surface area contributed by atoms with Crippen LogP contribution in [0.25, 0.3) is 5.82 Å². The molecule has 0 amide bonds. The van der Waals surface area contributed by atoms with Crippen molar-refractivity contribution in [2.24, 2.45) is 5.73 Å². The molecule has 0 saturated carbocycles. The van der Waals surface area contributed by atoms with E-state index < -0.39 is 0 Å². The number of hydrogen-bond acceptors (Lipinski definition) is 3. The van der Waals surface area contributed by atoms with Crippen molar-refractivity contribution >= 4 is 21.8 Å². The number of nitrogen functional groups attached to an aromatic ring is 1. The number of amidine groups is 1. The Hall–Kier alpha value is -1.69. The first kappa shape index (κ1) is 12.8. The fourth-order valence-corrected chi connectivity index (χ4v) is 1.99. The predicted octanol–water partition coefficient (Wildman–Crippen LogP) is 2.24. The summed E-state index contributed by atoms with van der Waals surface area (Å²) in [5.41, 5.74) is 8.85. The fraction of sp³-hybridized carbons (Fsp3) is 0.250. The van der Waals surface area contributed by atoms with Gasteiger partial charge in [-0.05, 0) is 48.8 Å². The van der Waals surface area contributed by atoms with Crippen molar-refractivity contribution in [3.05, 3.63) is 39.3 Å². The van der Waals surface area contributed by atoms with Crippen LogP contribution in [0.2, 0.25) is 0 Å². The average Bonchev–Trinajstić information content (AvgIpc) is 2.56. The maximum atomic E-state index is 7.61. The van der Waals surface area contributed by atoms with E-state index in [9.17, 15) is 0 Å². The maximum absolute atomic E-state index is 7.61. The van der Waals surface area contributed by atoms with Crippen molar-refractivity contribution in [3.8, 4) is 5.82 Å². The van der Waals surface area contributed by atoms with E-state index in [4.69, 9.17) is 11.1 Å². The highest BCUT2D eigenvalue weighted by Crippen LogP contribution is 2.23. The van der Waals surface area contributed by atoms with E-state index >= 15 is 0 Å². The highest BCUT2D eigenvalue weighted by atomic mass is 79.9. The minimum atomic E-state index is -0.0128. The largest absolute Gasteiger partial charge is 0.384 e. The molecule has 6 heteroatoms. The van der Waals surface area contributed by atoms with Crippen LogP contribution < -0.4 is 5.73 Å². The number of rotatable bonds is 2. The van der Waals surface area contributed by atoms with Crippen LogP contribution in [-0.4, -0.2) is 20.6 Å². The van der Waals surface area contributed by atoms with E-state index in [0.29, 0.717) is 11.4 Å². The standard InChI is InChI=1S/C12H14BrN5/c1-6-4-5-9(11(14)15)12(16-6)18-8(3)10(13)7(2)17-18/h4-5H,1-3H3,(H3,14,15). The second kappa shape index (κ2) is 4.53. The van der Waals surface area contributed by atoms with Crippen LogP contribution in [-0.2, 0) is 0 Å². The van der Waals surface area contributed by atoms with E-state index in [2.05, 4.69) is 26.0 Å². The number of nitrogens with two attached hydrogens (primary N) is 1. The summed E-state index contributed by atoms with van der Waals surface area (Å²) in [4.78, 5) is 4.44. The molecule has 0 aliphatic heterocycles. The minimum Gasteiger partial charge on any atom is -0.384 e. The van der Waals surface area contributed by atoms with Gasteiger partial charge in [0.25, 0.3) is 0 Å². The molecule has 0 fully saturated rings. The first-order valence-corrected chi connectivity index (χ1v) is 6.25. The third kappa shape index (κ3) is 2.03. The zero-order chi connectivity index (χ0) is 13.4. The lowest BCUT2D eigenvalue weighted by atomic mass is 10.2. The molecule has 94 valence electrons. The molecular weight excluding hydrogens is 294 g/mol. The van der Waals surface area contributed by atoms with Gasteiger partial charge in [0.15, 0.2) is 5.82 Å². The average molecular weight is 308 g/mol. The lowest BCUT2D eigenvalue weighted by Crippen LogP contribution is -2.17. The molecule has 5 nitrogen and oxygen atoms in total. The van der Waals surface area contributed by atoms with Gasteiger partial charge in [0.05, 0.1) is 21.4 Å². The first-order chi connectivity index (χ1) is 8.41. The summed E-state index contributed by atoms with van der Waals surface area (Å²) in [5, 5.41) is 12.0. The van der Waals surface area contributed by atoms with Gasteiger partial charge >= 0.3 is 0 Å². The summed E-state index contributed by atoms with van der Waals surface area (Å²) in [6.45, 7) is 5.75. The fourth-order valence-electron chi connectivity index (χ4n) is 1.74. The van der Waals surface area contributed by atoms with Crippen LogP contribution in [0.15, 0.2) is 16.6 Å². The van der Waals surface area contributed by atoms with E-state index in [1.54, 1.807) is 10.7 Å². The van der Waals surface area contributed by atoms with Crippen LogP contribution >= 0.6 is 15.9 Å². The second-order valence-electron chi connectivity index (χ2n) is 4.13. The van der Waals surface area contributed by atoms with Crippen LogP contribution in [0.4, 0.5) is 0 Å². The molecular formula is C12H14BrN5. The quantitative estimate of drug-likeness (QED) is 0.659. The third-order valence-corrected chi connectivity index (χ3v) is 3.86. The van der Waals surface area contributed by atoms with Gasteiger partial charge in [0.1, 0.15) is 5.84 Å². The molecule has 0 spiro atoms. The first-order valence-electron chi connectivity index (χ1n) is 5.46. The highest BCUT2D eigenvalue weighted by Gasteiger charge is 2.16. The lowest BCUT2D eigenvalue weighted by molar-refractivity contribution is 0.799.